The number of hydrogen-bond acceptors (Lipinski definition) is 1. The van der Waals surface area contributed by atoms with Crippen molar-refractivity contribution in [2.75, 3.05) is 4.90 Å². The fraction of sp³-hybridized carbons (Fsp3) is 0. The standard InChI is InChI=1S/C40H26Cl2N2/c41-28-23-27(24-29(42)25-28)33-16-9-18-35-34(33)17-10-20-38(35)43(30-11-3-1-4-12-30)32-21-22-40-37(26-32)36-15-7-8-19-39(36)44(40)31-13-5-2-6-14-31/h1-26H. The number of nitrogens with zero attached hydrogens (tertiary/aromatic N) is 2. The first kappa shape index (κ1) is 26.6. The lowest BCUT2D eigenvalue weighted by Gasteiger charge is -2.27. The van der Waals surface area contributed by atoms with Crippen molar-refractivity contribution in [2.45, 2.75) is 0 Å². The third kappa shape index (κ3) is 4.51. The minimum atomic E-state index is 0.620. The van der Waals surface area contributed by atoms with Crippen LogP contribution < -0.4 is 4.90 Å². The molecular formula is C40H26Cl2N2. The molecule has 0 saturated carbocycles. The largest absolute Gasteiger partial charge is 0.310 e. The molecule has 210 valence electrons. The van der Waals surface area contributed by atoms with Gasteiger partial charge in [0, 0.05) is 43.3 Å². The Morgan fingerprint density at radius 1 is 0.432 bits per heavy atom. The number of rotatable bonds is 5. The fourth-order valence-electron chi connectivity index (χ4n) is 6.41. The summed E-state index contributed by atoms with van der Waals surface area (Å²) >= 11 is 12.9. The van der Waals surface area contributed by atoms with Gasteiger partial charge in [0.2, 0.25) is 0 Å². The molecule has 8 rings (SSSR count). The molecule has 0 saturated heterocycles. The van der Waals surface area contributed by atoms with E-state index in [0.717, 1.165) is 44.6 Å². The highest BCUT2D eigenvalue weighted by atomic mass is 35.5. The molecule has 7 aromatic carbocycles. The number of benzene rings is 7. The molecule has 0 aliphatic rings. The van der Waals surface area contributed by atoms with E-state index in [2.05, 4.69) is 149 Å². The van der Waals surface area contributed by atoms with Crippen molar-refractivity contribution >= 4 is 72.8 Å². The molecule has 44 heavy (non-hydrogen) atoms. The molecule has 0 bridgehead atoms. The van der Waals surface area contributed by atoms with Crippen LogP contribution in [0.1, 0.15) is 0 Å². The van der Waals surface area contributed by atoms with Crippen molar-refractivity contribution in [3.8, 4) is 16.8 Å². The predicted molar refractivity (Wildman–Crippen MR) is 188 cm³/mol. The van der Waals surface area contributed by atoms with Gasteiger partial charge in [-0.3, -0.25) is 0 Å². The molecule has 0 aliphatic heterocycles. The number of aromatic nitrogens is 1. The van der Waals surface area contributed by atoms with E-state index in [-0.39, 0.29) is 0 Å². The number of anilines is 3. The molecule has 0 atom stereocenters. The van der Waals surface area contributed by atoms with Crippen molar-refractivity contribution in [1.82, 2.24) is 4.57 Å². The van der Waals surface area contributed by atoms with Gasteiger partial charge >= 0.3 is 0 Å². The second-order valence-electron chi connectivity index (χ2n) is 10.9. The molecule has 0 aliphatic carbocycles. The summed E-state index contributed by atoms with van der Waals surface area (Å²) in [4.78, 5) is 2.35. The average Bonchev–Trinajstić information content (AvgIpc) is 3.39. The van der Waals surface area contributed by atoms with Crippen LogP contribution in [0, 0.1) is 0 Å². The van der Waals surface area contributed by atoms with Gasteiger partial charge in [-0.05, 0) is 89.3 Å². The third-order valence-electron chi connectivity index (χ3n) is 8.26. The fourth-order valence-corrected chi connectivity index (χ4v) is 6.94. The van der Waals surface area contributed by atoms with Crippen molar-refractivity contribution in [3.63, 3.8) is 0 Å². The zero-order chi connectivity index (χ0) is 29.6. The minimum Gasteiger partial charge on any atom is -0.310 e. The molecule has 0 spiro atoms. The quantitative estimate of drug-likeness (QED) is 0.189. The van der Waals surface area contributed by atoms with Crippen LogP contribution >= 0.6 is 23.2 Å². The van der Waals surface area contributed by atoms with Crippen LogP contribution in [-0.4, -0.2) is 4.57 Å². The van der Waals surface area contributed by atoms with E-state index in [4.69, 9.17) is 23.2 Å². The predicted octanol–water partition coefficient (Wildman–Crippen LogP) is 12.4. The lowest BCUT2D eigenvalue weighted by atomic mass is 9.96. The van der Waals surface area contributed by atoms with Crippen molar-refractivity contribution in [1.29, 1.82) is 0 Å². The second kappa shape index (κ2) is 10.9. The van der Waals surface area contributed by atoms with Crippen LogP contribution in [-0.2, 0) is 0 Å². The van der Waals surface area contributed by atoms with Gasteiger partial charge in [0.15, 0.2) is 0 Å². The Kier molecular flexibility index (Phi) is 6.60. The molecule has 1 aromatic heterocycles. The minimum absolute atomic E-state index is 0.620. The summed E-state index contributed by atoms with van der Waals surface area (Å²) in [7, 11) is 0. The van der Waals surface area contributed by atoms with E-state index in [1.54, 1.807) is 6.07 Å². The van der Waals surface area contributed by atoms with Gasteiger partial charge in [-0.15, -0.1) is 0 Å². The van der Waals surface area contributed by atoms with E-state index in [1.165, 1.54) is 21.8 Å². The highest BCUT2D eigenvalue weighted by Gasteiger charge is 2.19. The molecule has 8 aromatic rings. The normalized spacial score (nSPS) is 11.4. The van der Waals surface area contributed by atoms with Crippen molar-refractivity contribution in [3.05, 3.63) is 168 Å². The lowest BCUT2D eigenvalue weighted by molar-refractivity contribution is 1.18. The molecule has 0 unspecified atom stereocenters. The first-order chi connectivity index (χ1) is 21.7. The summed E-state index contributed by atoms with van der Waals surface area (Å²) in [6.07, 6.45) is 0. The first-order valence-electron chi connectivity index (χ1n) is 14.6. The first-order valence-corrected chi connectivity index (χ1v) is 15.3. The Hall–Kier alpha value is -5.02. The molecule has 0 radical (unpaired) electrons. The van der Waals surface area contributed by atoms with Crippen LogP contribution in [0.2, 0.25) is 10.0 Å². The Balaban J connectivity index is 1.38. The Morgan fingerprint density at radius 3 is 1.86 bits per heavy atom. The molecule has 0 N–H and O–H groups in total. The van der Waals surface area contributed by atoms with E-state index in [9.17, 15) is 0 Å². The number of hydrogen-bond donors (Lipinski definition) is 0. The average molecular weight is 606 g/mol. The van der Waals surface area contributed by atoms with E-state index >= 15 is 0 Å². The van der Waals surface area contributed by atoms with E-state index in [1.807, 2.05) is 12.1 Å². The smallest absolute Gasteiger partial charge is 0.0542 e. The zero-order valence-electron chi connectivity index (χ0n) is 23.7. The summed E-state index contributed by atoms with van der Waals surface area (Å²) in [5.74, 6) is 0. The summed E-state index contributed by atoms with van der Waals surface area (Å²) in [5, 5.41) is 5.93. The summed E-state index contributed by atoms with van der Waals surface area (Å²) in [6.45, 7) is 0. The maximum absolute atomic E-state index is 6.43. The Morgan fingerprint density at radius 2 is 1.07 bits per heavy atom. The third-order valence-corrected chi connectivity index (χ3v) is 8.69. The summed E-state index contributed by atoms with van der Waals surface area (Å²) in [5.41, 5.74) is 8.85. The van der Waals surface area contributed by atoms with Crippen molar-refractivity contribution in [2.24, 2.45) is 0 Å². The van der Waals surface area contributed by atoms with Gasteiger partial charge in [0.1, 0.15) is 0 Å². The van der Waals surface area contributed by atoms with E-state index in [0.29, 0.717) is 10.0 Å². The van der Waals surface area contributed by atoms with Gasteiger partial charge < -0.3 is 9.47 Å². The zero-order valence-corrected chi connectivity index (χ0v) is 25.2. The van der Waals surface area contributed by atoms with Crippen LogP contribution in [0.15, 0.2) is 158 Å². The highest BCUT2D eigenvalue weighted by molar-refractivity contribution is 6.35. The topological polar surface area (TPSA) is 8.17 Å². The maximum Gasteiger partial charge on any atom is 0.0542 e. The number of para-hydroxylation sites is 3. The highest BCUT2D eigenvalue weighted by Crippen LogP contribution is 2.43. The molecular weight excluding hydrogens is 579 g/mol. The summed E-state index contributed by atoms with van der Waals surface area (Å²) < 4.78 is 2.35. The molecule has 0 amide bonds. The monoisotopic (exact) mass is 604 g/mol. The Bertz CT molecular complexity index is 2290. The lowest BCUT2D eigenvalue weighted by Crippen LogP contribution is -2.10. The van der Waals surface area contributed by atoms with Crippen LogP contribution in [0.4, 0.5) is 17.1 Å². The van der Waals surface area contributed by atoms with Gasteiger partial charge in [0.05, 0.1) is 16.7 Å². The van der Waals surface area contributed by atoms with Gasteiger partial charge in [0.25, 0.3) is 0 Å². The molecule has 0 fully saturated rings. The van der Waals surface area contributed by atoms with Crippen LogP contribution in [0.5, 0.6) is 0 Å². The van der Waals surface area contributed by atoms with Crippen molar-refractivity contribution < 1.29 is 0 Å². The van der Waals surface area contributed by atoms with Crippen LogP contribution in [0.3, 0.4) is 0 Å². The van der Waals surface area contributed by atoms with E-state index < -0.39 is 0 Å². The molecule has 4 heteroatoms. The second-order valence-corrected chi connectivity index (χ2v) is 11.8. The molecule has 1 heterocycles. The van der Waals surface area contributed by atoms with Gasteiger partial charge in [-0.25, -0.2) is 0 Å². The Labute approximate surface area is 265 Å². The molecule has 2 nitrogen and oxygen atoms in total. The SMILES string of the molecule is Clc1cc(Cl)cc(-c2cccc3c(N(c4ccccc4)c4ccc5c(c4)c4ccccc4n5-c4ccccc4)cccc23)c1. The summed E-state index contributed by atoms with van der Waals surface area (Å²) in [6, 6.07) is 55.2. The van der Waals surface area contributed by atoms with Crippen LogP contribution in [0.25, 0.3) is 49.4 Å². The van der Waals surface area contributed by atoms with Gasteiger partial charge in [-0.2, -0.15) is 0 Å². The maximum atomic E-state index is 6.43. The number of fused-ring (bicyclic) bond motifs is 4. The number of halogens is 2. The van der Waals surface area contributed by atoms with Gasteiger partial charge in [-0.1, -0.05) is 108 Å².